The van der Waals surface area contributed by atoms with E-state index in [1.807, 2.05) is 0 Å². The largest absolute Gasteiger partial charge is 0.469 e. The number of nitrogens with one attached hydrogen (secondary N) is 1. The topological polar surface area (TPSA) is 119 Å². The molecule has 2 rings (SSSR count). The molecular formula is C15H17N3O6. The second-order valence-corrected chi connectivity index (χ2v) is 5.34. The van der Waals surface area contributed by atoms with Gasteiger partial charge in [-0.1, -0.05) is 6.07 Å². The molecule has 1 fully saturated rings. The number of amides is 2. The fourth-order valence-electron chi connectivity index (χ4n) is 2.51. The molecule has 1 aliphatic heterocycles. The Labute approximate surface area is 137 Å². The number of piperazine rings is 1. The Balaban J connectivity index is 2.32. The first kappa shape index (κ1) is 17.4. The van der Waals surface area contributed by atoms with E-state index >= 15 is 0 Å². The minimum Gasteiger partial charge on any atom is -0.469 e. The minimum absolute atomic E-state index is 0.0943. The molecule has 0 bridgehead atoms. The fraction of sp³-hybridized carbons (Fsp3) is 0.400. The van der Waals surface area contributed by atoms with Crippen molar-refractivity contribution in [2.75, 3.05) is 20.2 Å². The quantitative estimate of drug-likeness (QED) is 0.483. The van der Waals surface area contributed by atoms with Crippen molar-refractivity contribution in [3.8, 4) is 0 Å². The number of nitro benzene ring substituents is 1. The van der Waals surface area contributed by atoms with Gasteiger partial charge in [0.25, 0.3) is 11.6 Å². The van der Waals surface area contributed by atoms with Gasteiger partial charge in [-0.05, 0) is 13.0 Å². The molecule has 0 aromatic heterocycles. The Bertz CT molecular complexity index is 702. The Morgan fingerprint density at radius 2 is 2.17 bits per heavy atom. The fourth-order valence-corrected chi connectivity index (χ4v) is 2.51. The number of methoxy groups -OCH3 is 1. The number of hydrogen-bond acceptors (Lipinski definition) is 6. The van der Waals surface area contributed by atoms with E-state index in [0.29, 0.717) is 5.56 Å². The first-order valence-electron chi connectivity index (χ1n) is 7.25. The summed E-state index contributed by atoms with van der Waals surface area (Å²) in [6.45, 7) is 2.02. The third-order valence-electron chi connectivity index (χ3n) is 3.83. The normalized spacial score (nSPS) is 17.2. The van der Waals surface area contributed by atoms with E-state index in [0.717, 1.165) is 0 Å². The first-order chi connectivity index (χ1) is 11.3. The van der Waals surface area contributed by atoms with Crippen LogP contribution in [0.5, 0.6) is 0 Å². The van der Waals surface area contributed by atoms with Gasteiger partial charge in [0.2, 0.25) is 5.91 Å². The average Bonchev–Trinajstić information content (AvgIpc) is 2.56. The predicted octanol–water partition coefficient (Wildman–Crippen LogP) is 0.407. The van der Waals surface area contributed by atoms with Crippen LogP contribution in [0.1, 0.15) is 22.3 Å². The molecule has 128 valence electrons. The second kappa shape index (κ2) is 7.07. The lowest BCUT2D eigenvalue weighted by Crippen LogP contribution is -2.57. The number of ether oxygens (including phenoxy) is 1. The minimum atomic E-state index is -1.00. The smallest absolute Gasteiger partial charge is 0.308 e. The predicted molar refractivity (Wildman–Crippen MR) is 82.3 cm³/mol. The van der Waals surface area contributed by atoms with Gasteiger partial charge in [-0.15, -0.1) is 0 Å². The zero-order valence-electron chi connectivity index (χ0n) is 13.3. The first-order valence-corrected chi connectivity index (χ1v) is 7.25. The third-order valence-corrected chi connectivity index (χ3v) is 3.83. The maximum atomic E-state index is 12.7. The van der Waals surface area contributed by atoms with E-state index in [-0.39, 0.29) is 30.8 Å². The highest BCUT2D eigenvalue weighted by Crippen LogP contribution is 2.22. The molecule has 0 radical (unpaired) electrons. The molecule has 1 N–H and O–H groups in total. The maximum absolute atomic E-state index is 12.7. The number of esters is 1. The summed E-state index contributed by atoms with van der Waals surface area (Å²) in [5, 5.41) is 13.6. The van der Waals surface area contributed by atoms with Crippen LogP contribution in [-0.2, 0) is 14.3 Å². The number of nitro groups is 1. The molecular weight excluding hydrogens is 318 g/mol. The van der Waals surface area contributed by atoms with E-state index in [2.05, 4.69) is 10.1 Å². The van der Waals surface area contributed by atoms with Gasteiger partial charge >= 0.3 is 5.97 Å². The van der Waals surface area contributed by atoms with Crippen molar-refractivity contribution >= 4 is 23.5 Å². The summed E-state index contributed by atoms with van der Waals surface area (Å²) in [5.41, 5.74) is 0.350. The number of nitrogens with zero attached hydrogens (tertiary/aromatic N) is 2. The number of carbonyl (C=O) groups excluding carboxylic acids is 3. The van der Waals surface area contributed by atoms with Crippen molar-refractivity contribution in [1.82, 2.24) is 10.2 Å². The number of hydrogen-bond donors (Lipinski definition) is 1. The maximum Gasteiger partial charge on any atom is 0.308 e. The van der Waals surface area contributed by atoms with E-state index in [1.165, 1.54) is 30.2 Å². The van der Waals surface area contributed by atoms with Crippen molar-refractivity contribution in [1.29, 1.82) is 0 Å². The standard InChI is InChI=1S/C15H17N3O6/c1-9-3-4-10(7-11(9)18(22)23)15(21)17-6-5-16-14(20)12(17)8-13(19)24-2/h3-4,7,12H,5-6,8H2,1-2H3,(H,16,20). The Morgan fingerprint density at radius 1 is 1.46 bits per heavy atom. The van der Waals surface area contributed by atoms with Crippen LogP contribution in [0.3, 0.4) is 0 Å². The molecule has 1 aromatic carbocycles. The lowest BCUT2D eigenvalue weighted by atomic mass is 10.0. The highest BCUT2D eigenvalue weighted by atomic mass is 16.6. The summed E-state index contributed by atoms with van der Waals surface area (Å²) in [7, 11) is 1.19. The molecule has 1 atom stereocenters. The van der Waals surface area contributed by atoms with Gasteiger partial charge in [0, 0.05) is 30.3 Å². The molecule has 1 unspecified atom stereocenters. The highest BCUT2D eigenvalue weighted by Gasteiger charge is 2.35. The van der Waals surface area contributed by atoms with E-state index in [1.54, 1.807) is 6.92 Å². The van der Waals surface area contributed by atoms with Crippen LogP contribution >= 0.6 is 0 Å². The number of carbonyl (C=O) groups is 3. The van der Waals surface area contributed by atoms with Crippen molar-refractivity contribution in [2.24, 2.45) is 0 Å². The molecule has 0 spiro atoms. The number of aryl methyl sites for hydroxylation is 1. The lowest BCUT2D eigenvalue weighted by molar-refractivity contribution is -0.385. The number of rotatable bonds is 4. The summed E-state index contributed by atoms with van der Waals surface area (Å²) >= 11 is 0. The Kier molecular flexibility index (Phi) is 5.12. The van der Waals surface area contributed by atoms with Crippen molar-refractivity contribution in [2.45, 2.75) is 19.4 Å². The zero-order valence-corrected chi connectivity index (χ0v) is 13.3. The van der Waals surface area contributed by atoms with Crippen LogP contribution in [0, 0.1) is 17.0 Å². The summed E-state index contributed by atoms with van der Waals surface area (Å²) in [5.74, 6) is -1.62. The van der Waals surface area contributed by atoms with Crippen molar-refractivity contribution < 1.29 is 24.0 Å². The Morgan fingerprint density at radius 3 is 2.79 bits per heavy atom. The van der Waals surface area contributed by atoms with Crippen LogP contribution in [0.2, 0.25) is 0 Å². The lowest BCUT2D eigenvalue weighted by Gasteiger charge is -2.34. The van der Waals surface area contributed by atoms with Gasteiger partial charge in [0.05, 0.1) is 18.5 Å². The second-order valence-electron chi connectivity index (χ2n) is 5.34. The Hall–Kier alpha value is -2.97. The van der Waals surface area contributed by atoms with Crippen molar-refractivity contribution in [3.63, 3.8) is 0 Å². The summed E-state index contributed by atoms with van der Waals surface area (Å²) in [6.07, 6.45) is -0.276. The van der Waals surface area contributed by atoms with Gasteiger partial charge in [-0.3, -0.25) is 24.5 Å². The van der Waals surface area contributed by atoms with Crippen LogP contribution in [0.15, 0.2) is 18.2 Å². The van der Waals surface area contributed by atoms with E-state index in [4.69, 9.17) is 0 Å². The molecule has 1 saturated heterocycles. The third kappa shape index (κ3) is 3.50. The molecule has 0 aliphatic carbocycles. The molecule has 0 saturated carbocycles. The van der Waals surface area contributed by atoms with Crippen LogP contribution in [0.25, 0.3) is 0 Å². The molecule has 24 heavy (non-hydrogen) atoms. The summed E-state index contributed by atoms with van der Waals surface area (Å²) in [6, 6.07) is 3.12. The van der Waals surface area contributed by atoms with E-state index in [9.17, 15) is 24.5 Å². The highest BCUT2D eigenvalue weighted by molar-refractivity contribution is 5.99. The van der Waals surface area contributed by atoms with Crippen LogP contribution < -0.4 is 5.32 Å². The van der Waals surface area contributed by atoms with Gasteiger partial charge in [-0.2, -0.15) is 0 Å². The SMILES string of the molecule is COC(=O)CC1C(=O)NCCN1C(=O)c1ccc(C)c([N+](=O)[O-])c1. The molecule has 9 heteroatoms. The zero-order chi connectivity index (χ0) is 17.9. The van der Waals surface area contributed by atoms with Gasteiger partial charge in [-0.25, -0.2) is 0 Å². The number of benzene rings is 1. The van der Waals surface area contributed by atoms with Gasteiger partial charge < -0.3 is 15.0 Å². The van der Waals surface area contributed by atoms with Crippen LogP contribution in [0.4, 0.5) is 5.69 Å². The molecule has 9 nitrogen and oxygen atoms in total. The summed E-state index contributed by atoms with van der Waals surface area (Å²) in [4.78, 5) is 47.9. The summed E-state index contributed by atoms with van der Waals surface area (Å²) < 4.78 is 4.56. The average molecular weight is 335 g/mol. The van der Waals surface area contributed by atoms with Gasteiger partial charge in [0.1, 0.15) is 6.04 Å². The van der Waals surface area contributed by atoms with E-state index < -0.39 is 28.7 Å². The van der Waals surface area contributed by atoms with Gasteiger partial charge in [0.15, 0.2) is 0 Å². The molecule has 1 aliphatic rings. The molecule has 2 amide bonds. The monoisotopic (exact) mass is 335 g/mol. The van der Waals surface area contributed by atoms with Crippen molar-refractivity contribution in [3.05, 3.63) is 39.4 Å². The van der Waals surface area contributed by atoms with Crippen LogP contribution in [-0.4, -0.2) is 53.8 Å². The molecule has 1 heterocycles. The molecule has 1 aromatic rings.